The summed E-state index contributed by atoms with van der Waals surface area (Å²) < 4.78 is 0. The molecule has 5 heteroatoms. The Morgan fingerprint density at radius 2 is 2.25 bits per heavy atom. The Bertz CT molecular complexity index is 685. The molecule has 128 valence electrons. The van der Waals surface area contributed by atoms with Gasteiger partial charge in [0.1, 0.15) is 0 Å². The lowest BCUT2D eigenvalue weighted by Gasteiger charge is -2.37. The third-order valence-electron chi connectivity index (χ3n) is 5.74. The van der Waals surface area contributed by atoms with Gasteiger partial charge in [-0.2, -0.15) is 5.10 Å². The molecule has 1 amide bonds. The first-order valence-corrected chi connectivity index (χ1v) is 9.98. The number of thiophene rings is 1. The number of aromatic nitrogens is 2. The third-order valence-corrected chi connectivity index (χ3v) is 6.61. The molecule has 0 spiro atoms. The van der Waals surface area contributed by atoms with E-state index in [4.69, 9.17) is 0 Å². The molecule has 2 aliphatic rings. The van der Waals surface area contributed by atoms with Crippen LogP contribution >= 0.6 is 11.3 Å². The average Bonchev–Trinajstić information content (AvgIpc) is 3.26. The van der Waals surface area contributed by atoms with Crippen molar-refractivity contribution in [1.29, 1.82) is 0 Å². The SMILES string of the molecule is O=C(NC1CCc2[nH]ncc2C1)C1(Cc2cccs2)CCCCC1. The van der Waals surface area contributed by atoms with Gasteiger partial charge in [-0.25, -0.2) is 0 Å². The topological polar surface area (TPSA) is 57.8 Å². The van der Waals surface area contributed by atoms with Gasteiger partial charge in [0.15, 0.2) is 0 Å². The van der Waals surface area contributed by atoms with E-state index in [1.807, 2.05) is 6.20 Å². The molecule has 2 aromatic heterocycles. The Morgan fingerprint density at radius 1 is 1.38 bits per heavy atom. The van der Waals surface area contributed by atoms with Gasteiger partial charge in [-0.15, -0.1) is 11.3 Å². The van der Waals surface area contributed by atoms with Crippen molar-refractivity contribution in [2.24, 2.45) is 5.41 Å². The van der Waals surface area contributed by atoms with Crippen LogP contribution in [0.3, 0.4) is 0 Å². The summed E-state index contributed by atoms with van der Waals surface area (Å²) in [5.74, 6) is 0.285. The van der Waals surface area contributed by atoms with E-state index in [0.29, 0.717) is 0 Å². The van der Waals surface area contributed by atoms with Crippen LogP contribution in [0.1, 0.15) is 54.7 Å². The Labute approximate surface area is 147 Å². The summed E-state index contributed by atoms with van der Waals surface area (Å²) in [6, 6.07) is 4.52. The van der Waals surface area contributed by atoms with Crippen molar-refractivity contribution < 1.29 is 4.79 Å². The molecule has 1 atom stereocenters. The Hall–Kier alpha value is -1.62. The molecule has 0 radical (unpaired) electrons. The van der Waals surface area contributed by atoms with Gasteiger partial charge in [0, 0.05) is 16.6 Å². The van der Waals surface area contributed by atoms with Crippen molar-refractivity contribution in [2.45, 2.75) is 63.8 Å². The quantitative estimate of drug-likeness (QED) is 0.890. The molecule has 1 fully saturated rings. The largest absolute Gasteiger partial charge is 0.353 e. The fourth-order valence-corrected chi connectivity index (χ4v) is 5.19. The van der Waals surface area contributed by atoms with Crippen molar-refractivity contribution in [2.75, 3.05) is 0 Å². The van der Waals surface area contributed by atoms with E-state index >= 15 is 0 Å². The summed E-state index contributed by atoms with van der Waals surface area (Å²) in [4.78, 5) is 14.6. The third kappa shape index (κ3) is 3.14. The second-order valence-corrected chi connectivity index (χ2v) is 8.42. The number of carbonyl (C=O) groups is 1. The van der Waals surface area contributed by atoms with Gasteiger partial charge in [-0.1, -0.05) is 25.3 Å². The van der Waals surface area contributed by atoms with E-state index in [-0.39, 0.29) is 17.4 Å². The summed E-state index contributed by atoms with van der Waals surface area (Å²) in [6.07, 6.45) is 11.4. The Balaban J connectivity index is 1.47. The zero-order valence-electron chi connectivity index (χ0n) is 14.0. The highest BCUT2D eigenvalue weighted by atomic mass is 32.1. The highest BCUT2D eigenvalue weighted by Crippen LogP contribution is 2.40. The van der Waals surface area contributed by atoms with Gasteiger partial charge in [-0.3, -0.25) is 9.89 Å². The summed E-state index contributed by atoms with van der Waals surface area (Å²) in [7, 11) is 0. The fourth-order valence-electron chi connectivity index (χ4n) is 4.34. The molecule has 2 heterocycles. The Kier molecular flexibility index (Phi) is 4.44. The zero-order valence-corrected chi connectivity index (χ0v) is 14.8. The van der Waals surface area contributed by atoms with Gasteiger partial charge in [0.05, 0.1) is 11.6 Å². The highest BCUT2D eigenvalue weighted by Gasteiger charge is 2.40. The second kappa shape index (κ2) is 6.71. The lowest BCUT2D eigenvalue weighted by Crippen LogP contribution is -2.49. The number of nitrogens with zero attached hydrogens (tertiary/aromatic N) is 1. The molecule has 4 rings (SSSR count). The number of carbonyl (C=O) groups excluding carboxylic acids is 1. The number of fused-ring (bicyclic) bond motifs is 1. The number of rotatable bonds is 4. The average molecular weight is 343 g/mol. The molecule has 4 nitrogen and oxygen atoms in total. The standard InChI is InChI=1S/C19H25N3OS/c23-18(21-15-6-7-17-14(11-15)13-20-22-17)19(8-2-1-3-9-19)12-16-5-4-10-24-16/h4-5,10,13,15H,1-3,6-9,11-12H2,(H,20,22)(H,21,23). The molecule has 2 aliphatic carbocycles. The van der Waals surface area contributed by atoms with Crippen LogP contribution in [0.15, 0.2) is 23.7 Å². The maximum atomic E-state index is 13.2. The van der Waals surface area contributed by atoms with Gasteiger partial charge >= 0.3 is 0 Å². The zero-order chi connectivity index (χ0) is 16.4. The molecule has 1 saturated carbocycles. The van der Waals surface area contributed by atoms with Crippen LogP contribution in [-0.4, -0.2) is 22.1 Å². The maximum Gasteiger partial charge on any atom is 0.226 e. The number of amides is 1. The minimum atomic E-state index is -0.195. The predicted molar refractivity (Wildman–Crippen MR) is 96.1 cm³/mol. The van der Waals surface area contributed by atoms with Crippen molar-refractivity contribution in [3.05, 3.63) is 39.8 Å². The van der Waals surface area contributed by atoms with Gasteiger partial charge < -0.3 is 5.32 Å². The molecule has 0 bridgehead atoms. The summed E-state index contributed by atoms with van der Waals surface area (Å²) >= 11 is 1.78. The monoisotopic (exact) mass is 343 g/mol. The van der Waals surface area contributed by atoms with Crippen molar-refractivity contribution in [3.63, 3.8) is 0 Å². The van der Waals surface area contributed by atoms with Crippen LogP contribution < -0.4 is 5.32 Å². The van der Waals surface area contributed by atoms with Gasteiger partial charge in [-0.05, 0) is 55.5 Å². The van der Waals surface area contributed by atoms with Crippen molar-refractivity contribution >= 4 is 17.2 Å². The molecule has 2 aromatic rings. The number of hydrogen-bond donors (Lipinski definition) is 2. The lowest BCUT2D eigenvalue weighted by molar-refractivity contribution is -0.133. The van der Waals surface area contributed by atoms with Crippen LogP contribution in [0.2, 0.25) is 0 Å². The minimum Gasteiger partial charge on any atom is -0.353 e. The van der Waals surface area contributed by atoms with E-state index in [1.54, 1.807) is 11.3 Å². The smallest absolute Gasteiger partial charge is 0.226 e. The lowest BCUT2D eigenvalue weighted by atomic mass is 9.70. The highest BCUT2D eigenvalue weighted by molar-refractivity contribution is 7.09. The van der Waals surface area contributed by atoms with Crippen LogP contribution in [0.5, 0.6) is 0 Å². The molecule has 1 unspecified atom stereocenters. The summed E-state index contributed by atoms with van der Waals surface area (Å²) in [5, 5.41) is 12.7. The van der Waals surface area contributed by atoms with Crippen LogP contribution in [0.25, 0.3) is 0 Å². The molecule has 24 heavy (non-hydrogen) atoms. The number of aromatic amines is 1. The molecule has 0 aliphatic heterocycles. The molecule has 2 N–H and O–H groups in total. The number of aryl methyl sites for hydroxylation is 1. The van der Waals surface area contributed by atoms with E-state index in [2.05, 4.69) is 33.0 Å². The van der Waals surface area contributed by atoms with Crippen LogP contribution in [0, 0.1) is 5.41 Å². The summed E-state index contributed by atoms with van der Waals surface area (Å²) in [6.45, 7) is 0. The second-order valence-electron chi connectivity index (χ2n) is 7.38. The molecule has 0 saturated heterocycles. The first-order valence-electron chi connectivity index (χ1n) is 9.10. The fraction of sp³-hybridized carbons (Fsp3) is 0.579. The van der Waals surface area contributed by atoms with E-state index < -0.39 is 0 Å². The van der Waals surface area contributed by atoms with Crippen molar-refractivity contribution in [3.8, 4) is 0 Å². The maximum absolute atomic E-state index is 13.2. The first-order chi connectivity index (χ1) is 11.8. The van der Waals surface area contributed by atoms with E-state index in [1.165, 1.54) is 35.4 Å². The molecule has 0 aromatic carbocycles. The molecular formula is C19H25N3OS. The van der Waals surface area contributed by atoms with E-state index in [0.717, 1.165) is 38.5 Å². The van der Waals surface area contributed by atoms with Crippen molar-refractivity contribution in [1.82, 2.24) is 15.5 Å². The first kappa shape index (κ1) is 15.9. The van der Waals surface area contributed by atoms with Crippen LogP contribution in [-0.2, 0) is 24.1 Å². The molecular weight excluding hydrogens is 318 g/mol. The van der Waals surface area contributed by atoms with Gasteiger partial charge in [0.25, 0.3) is 0 Å². The normalized spacial score (nSPS) is 22.8. The number of H-pyrrole nitrogens is 1. The minimum absolute atomic E-state index is 0.195. The van der Waals surface area contributed by atoms with E-state index in [9.17, 15) is 4.79 Å². The number of nitrogens with one attached hydrogen (secondary N) is 2. The predicted octanol–water partition coefficient (Wildman–Crippen LogP) is 3.64. The summed E-state index contributed by atoms with van der Waals surface area (Å²) in [5.41, 5.74) is 2.31. The van der Waals surface area contributed by atoms with Crippen LogP contribution in [0.4, 0.5) is 0 Å². The number of hydrogen-bond acceptors (Lipinski definition) is 3. The Morgan fingerprint density at radius 3 is 3.04 bits per heavy atom. The van der Waals surface area contributed by atoms with Gasteiger partial charge in [0.2, 0.25) is 5.91 Å².